The number of pyridine rings is 1. The fourth-order valence-electron chi connectivity index (χ4n) is 2.87. The third-order valence-corrected chi connectivity index (χ3v) is 4.23. The molecule has 0 radical (unpaired) electrons. The van der Waals surface area contributed by atoms with E-state index in [1.165, 1.54) is 14.2 Å². The monoisotopic (exact) mass is 401 g/mol. The molecule has 0 aliphatic rings. The van der Waals surface area contributed by atoms with Crippen molar-refractivity contribution in [3.63, 3.8) is 0 Å². The summed E-state index contributed by atoms with van der Waals surface area (Å²) in [6, 6.07) is 6.81. The maximum Gasteiger partial charge on any atom is 0.272 e. The molecule has 2 N–H and O–H groups in total. The van der Waals surface area contributed by atoms with Crippen molar-refractivity contribution in [1.82, 2.24) is 9.97 Å². The molecule has 154 valence electrons. The molecular formula is C20H23N3O6. The largest absolute Gasteiger partial charge is 0.496 e. The minimum atomic E-state index is -0.367. The number of aromatic amines is 1. The molecule has 0 aliphatic carbocycles. The van der Waals surface area contributed by atoms with Crippen molar-refractivity contribution >= 4 is 22.5 Å². The van der Waals surface area contributed by atoms with E-state index in [4.69, 9.17) is 23.7 Å². The van der Waals surface area contributed by atoms with E-state index in [2.05, 4.69) is 15.3 Å². The zero-order valence-electron chi connectivity index (χ0n) is 16.7. The highest BCUT2D eigenvalue weighted by Crippen LogP contribution is 2.41. The number of fused-ring (bicyclic) bond motifs is 1. The summed E-state index contributed by atoms with van der Waals surface area (Å²) in [5, 5.41) is 3.50. The van der Waals surface area contributed by atoms with Gasteiger partial charge in [0.2, 0.25) is 5.88 Å². The van der Waals surface area contributed by atoms with Crippen LogP contribution in [0.4, 0.5) is 5.69 Å². The number of aromatic nitrogens is 2. The summed E-state index contributed by atoms with van der Waals surface area (Å²) in [7, 11) is 6.20. The SMILES string of the molecule is COCCOc1ncccc1NC(=O)c1cc2c(OC)cc(OC)c(OC)c2[nH]1. The van der Waals surface area contributed by atoms with Crippen molar-refractivity contribution in [3.05, 3.63) is 36.2 Å². The number of rotatable bonds is 9. The zero-order chi connectivity index (χ0) is 20.8. The highest BCUT2D eigenvalue weighted by molar-refractivity contribution is 6.08. The molecule has 2 heterocycles. The highest BCUT2D eigenvalue weighted by Gasteiger charge is 2.20. The average Bonchev–Trinajstić information content (AvgIpc) is 3.19. The van der Waals surface area contributed by atoms with Crippen molar-refractivity contribution in [2.24, 2.45) is 0 Å². The molecule has 0 spiro atoms. The van der Waals surface area contributed by atoms with Crippen molar-refractivity contribution < 1.29 is 28.5 Å². The smallest absolute Gasteiger partial charge is 0.272 e. The average molecular weight is 401 g/mol. The molecule has 0 bridgehead atoms. The van der Waals surface area contributed by atoms with E-state index in [0.29, 0.717) is 58.6 Å². The number of carbonyl (C=O) groups is 1. The van der Waals surface area contributed by atoms with Gasteiger partial charge in [-0.05, 0) is 18.2 Å². The lowest BCUT2D eigenvalue weighted by Crippen LogP contribution is -2.14. The molecule has 29 heavy (non-hydrogen) atoms. The van der Waals surface area contributed by atoms with Gasteiger partial charge in [-0.3, -0.25) is 4.79 Å². The first-order valence-electron chi connectivity index (χ1n) is 8.82. The highest BCUT2D eigenvalue weighted by atomic mass is 16.5. The van der Waals surface area contributed by atoms with Crippen LogP contribution in [-0.2, 0) is 4.74 Å². The molecule has 0 aliphatic heterocycles. The van der Waals surface area contributed by atoms with Gasteiger partial charge in [-0.2, -0.15) is 0 Å². The van der Waals surface area contributed by atoms with Gasteiger partial charge in [0.1, 0.15) is 23.7 Å². The lowest BCUT2D eigenvalue weighted by Gasteiger charge is -2.11. The molecule has 0 fully saturated rings. The fourth-order valence-corrected chi connectivity index (χ4v) is 2.87. The molecule has 9 heteroatoms. The third kappa shape index (κ3) is 4.19. The standard InChI is InChI=1S/C20H23N3O6/c1-25-8-9-29-20-13(6-5-7-21-20)23-19(24)14-10-12-15(26-2)11-16(27-3)18(28-4)17(12)22-14/h5-7,10-11,22H,8-9H2,1-4H3,(H,23,24). The molecule has 3 aromatic rings. The molecule has 9 nitrogen and oxygen atoms in total. The molecule has 3 rings (SSSR count). The maximum atomic E-state index is 12.9. The van der Waals surface area contributed by atoms with E-state index < -0.39 is 0 Å². The molecule has 0 atom stereocenters. The Hall–Kier alpha value is -3.46. The van der Waals surface area contributed by atoms with Gasteiger partial charge in [-0.1, -0.05) is 0 Å². The Labute approximate surface area is 167 Å². The van der Waals surface area contributed by atoms with Crippen LogP contribution in [-0.4, -0.2) is 57.5 Å². The van der Waals surface area contributed by atoms with Crippen LogP contribution in [0.2, 0.25) is 0 Å². The van der Waals surface area contributed by atoms with E-state index in [1.54, 1.807) is 44.7 Å². The van der Waals surface area contributed by atoms with E-state index >= 15 is 0 Å². The molecule has 0 saturated heterocycles. The zero-order valence-corrected chi connectivity index (χ0v) is 16.7. The number of nitrogens with one attached hydrogen (secondary N) is 2. The Bertz CT molecular complexity index is 1000. The number of hydrogen-bond acceptors (Lipinski definition) is 7. The normalized spacial score (nSPS) is 10.6. The first kappa shape index (κ1) is 20.3. The number of amides is 1. The van der Waals surface area contributed by atoms with Gasteiger partial charge in [0.05, 0.1) is 33.5 Å². The molecule has 0 saturated carbocycles. The van der Waals surface area contributed by atoms with Gasteiger partial charge in [0, 0.05) is 24.8 Å². The van der Waals surface area contributed by atoms with Crippen LogP contribution in [0.3, 0.4) is 0 Å². The Morgan fingerprint density at radius 3 is 2.55 bits per heavy atom. The van der Waals surface area contributed by atoms with Gasteiger partial charge in [0.15, 0.2) is 11.5 Å². The maximum absolute atomic E-state index is 12.9. The summed E-state index contributed by atoms with van der Waals surface area (Å²) < 4.78 is 26.8. The number of anilines is 1. The Kier molecular flexibility index (Phi) is 6.40. The van der Waals surface area contributed by atoms with Crippen molar-refractivity contribution in [2.45, 2.75) is 0 Å². The number of nitrogens with zero attached hydrogens (tertiary/aromatic N) is 1. The van der Waals surface area contributed by atoms with Gasteiger partial charge in [-0.15, -0.1) is 0 Å². The minimum Gasteiger partial charge on any atom is -0.496 e. The van der Waals surface area contributed by atoms with Gasteiger partial charge in [0.25, 0.3) is 5.91 Å². The van der Waals surface area contributed by atoms with Crippen molar-refractivity contribution in [1.29, 1.82) is 0 Å². The van der Waals surface area contributed by atoms with Gasteiger partial charge in [-0.25, -0.2) is 4.98 Å². The Balaban J connectivity index is 1.93. The molecule has 1 amide bonds. The van der Waals surface area contributed by atoms with Crippen LogP contribution in [0.1, 0.15) is 10.5 Å². The summed E-state index contributed by atoms with van der Waals surface area (Å²) in [6.45, 7) is 0.727. The molecule has 0 unspecified atom stereocenters. The van der Waals surface area contributed by atoms with E-state index in [9.17, 15) is 4.79 Å². The lowest BCUT2D eigenvalue weighted by atomic mass is 10.2. The number of hydrogen-bond donors (Lipinski definition) is 2. The third-order valence-electron chi connectivity index (χ3n) is 4.23. The summed E-state index contributed by atoms with van der Waals surface area (Å²) in [6.07, 6.45) is 1.59. The predicted octanol–water partition coefficient (Wildman–Crippen LogP) is 2.87. The number of methoxy groups -OCH3 is 4. The number of carbonyl (C=O) groups excluding carboxylic acids is 1. The lowest BCUT2D eigenvalue weighted by molar-refractivity contribution is 0.102. The van der Waals surface area contributed by atoms with Crippen LogP contribution in [0.5, 0.6) is 23.1 Å². The second kappa shape index (κ2) is 9.16. The first-order chi connectivity index (χ1) is 14.1. The number of benzene rings is 1. The van der Waals surface area contributed by atoms with Crippen LogP contribution in [0, 0.1) is 0 Å². The molecule has 2 aromatic heterocycles. The summed E-state index contributed by atoms with van der Waals surface area (Å²) in [5.41, 5.74) is 1.36. The second-order valence-electron chi connectivity index (χ2n) is 5.94. The van der Waals surface area contributed by atoms with Gasteiger partial charge >= 0.3 is 0 Å². The van der Waals surface area contributed by atoms with Gasteiger partial charge < -0.3 is 34.0 Å². The number of ether oxygens (including phenoxy) is 5. The van der Waals surface area contributed by atoms with Crippen molar-refractivity contribution in [2.75, 3.05) is 47.0 Å². The summed E-state index contributed by atoms with van der Waals surface area (Å²) in [4.78, 5) is 20.1. The fraction of sp³-hybridized carbons (Fsp3) is 0.300. The summed E-state index contributed by atoms with van der Waals surface area (Å²) >= 11 is 0. The second-order valence-corrected chi connectivity index (χ2v) is 5.94. The summed E-state index contributed by atoms with van der Waals surface area (Å²) in [5.74, 6) is 1.47. The van der Waals surface area contributed by atoms with E-state index in [-0.39, 0.29) is 5.91 Å². The number of H-pyrrole nitrogens is 1. The van der Waals surface area contributed by atoms with Crippen LogP contribution in [0.15, 0.2) is 30.5 Å². The van der Waals surface area contributed by atoms with Crippen LogP contribution < -0.4 is 24.3 Å². The van der Waals surface area contributed by atoms with Crippen LogP contribution in [0.25, 0.3) is 10.9 Å². The Morgan fingerprint density at radius 1 is 1.07 bits per heavy atom. The minimum absolute atomic E-state index is 0.311. The van der Waals surface area contributed by atoms with Crippen LogP contribution >= 0.6 is 0 Å². The predicted molar refractivity (Wildman–Crippen MR) is 108 cm³/mol. The molecule has 1 aromatic carbocycles. The van der Waals surface area contributed by atoms with Crippen molar-refractivity contribution in [3.8, 4) is 23.1 Å². The Morgan fingerprint density at radius 2 is 1.86 bits per heavy atom. The molecular weight excluding hydrogens is 378 g/mol. The van der Waals surface area contributed by atoms with E-state index in [1.807, 2.05) is 0 Å². The first-order valence-corrected chi connectivity index (χ1v) is 8.82. The van der Waals surface area contributed by atoms with E-state index in [0.717, 1.165) is 0 Å². The topological polar surface area (TPSA) is 104 Å². The quantitative estimate of drug-likeness (QED) is 0.531.